The van der Waals surface area contributed by atoms with E-state index in [9.17, 15) is 18.0 Å². The first-order valence-corrected chi connectivity index (χ1v) is 4.65. The number of carboxylic acid groups (broad SMARTS) is 1. The topological polar surface area (TPSA) is 43.8 Å². The molecule has 0 unspecified atom stereocenters. The Morgan fingerprint density at radius 1 is 1.44 bits per heavy atom. The van der Waals surface area contributed by atoms with E-state index >= 15 is 0 Å². The summed E-state index contributed by atoms with van der Waals surface area (Å²) in [6.07, 6.45) is -2.14. The maximum absolute atomic E-state index is 10.9. The van der Waals surface area contributed by atoms with Gasteiger partial charge in [0, 0.05) is 26.0 Å². The molecule has 0 atom stereocenters. The molecule has 0 aromatic rings. The van der Waals surface area contributed by atoms with Crippen LogP contribution in [0.3, 0.4) is 0 Å². The average molecular weight is 240 g/mol. The number of carbonyl (C=O) groups is 1. The van der Waals surface area contributed by atoms with Crippen LogP contribution in [0.2, 0.25) is 0 Å². The van der Waals surface area contributed by atoms with E-state index in [1.54, 1.807) is 0 Å². The van der Waals surface area contributed by atoms with E-state index in [2.05, 4.69) is 36.2 Å². The van der Waals surface area contributed by atoms with Crippen LogP contribution in [-0.2, 0) is 4.79 Å². The van der Waals surface area contributed by atoms with Crippen molar-refractivity contribution in [2.24, 2.45) is 0 Å². The SMILES string of the molecule is CCN1C=CN(C)C1.O=C(O)CC(F)(F)F. The summed E-state index contributed by atoms with van der Waals surface area (Å²) in [6, 6.07) is 0. The van der Waals surface area contributed by atoms with E-state index in [0.717, 1.165) is 13.2 Å². The Morgan fingerprint density at radius 2 is 2.00 bits per heavy atom. The molecule has 94 valence electrons. The number of alkyl halides is 3. The number of nitrogens with zero attached hydrogens (tertiary/aromatic N) is 2. The lowest BCUT2D eigenvalue weighted by molar-refractivity contribution is -0.166. The molecular weight excluding hydrogens is 225 g/mol. The molecule has 0 aromatic carbocycles. The van der Waals surface area contributed by atoms with Crippen molar-refractivity contribution < 1.29 is 23.1 Å². The molecule has 0 bridgehead atoms. The van der Waals surface area contributed by atoms with Gasteiger partial charge < -0.3 is 14.9 Å². The number of halogens is 3. The molecule has 7 heteroatoms. The van der Waals surface area contributed by atoms with E-state index in [1.165, 1.54) is 0 Å². The Morgan fingerprint density at radius 3 is 2.12 bits per heavy atom. The van der Waals surface area contributed by atoms with Crippen LogP contribution in [-0.4, -0.2) is 47.3 Å². The zero-order valence-electron chi connectivity index (χ0n) is 9.16. The van der Waals surface area contributed by atoms with Crippen LogP contribution in [0.25, 0.3) is 0 Å². The van der Waals surface area contributed by atoms with Crippen molar-refractivity contribution in [1.29, 1.82) is 0 Å². The predicted octanol–water partition coefficient (Wildman–Crippen LogP) is 1.71. The van der Waals surface area contributed by atoms with Gasteiger partial charge in [-0.15, -0.1) is 0 Å². The third kappa shape index (κ3) is 7.95. The number of hydrogen-bond donors (Lipinski definition) is 1. The summed E-state index contributed by atoms with van der Waals surface area (Å²) >= 11 is 0. The number of carboxylic acids is 1. The lowest BCUT2D eigenvalue weighted by Gasteiger charge is -2.14. The summed E-state index contributed by atoms with van der Waals surface area (Å²) in [6.45, 7) is 4.32. The van der Waals surface area contributed by atoms with Gasteiger partial charge in [-0.3, -0.25) is 4.79 Å². The van der Waals surface area contributed by atoms with Crippen molar-refractivity contribution in [1.82, 2.24) is 9.80 Å². The third-order valence-electron chi connectivity index (χ3n) is 1.69. The minimum atomic E-state index is -4.58. The summed E-state index contributed by atoms with van der Waals surface area (Å²) in [7, 11) is 2.08. The van der Waals surface area contributed by atoms with Gasteiger partial charge >= 0.3 is 12.1 Å². The highest BCUT2D eigenvalue weighted by atomic mass is 19.4. The number of rotatable bonds is 2. The average Bonchev–Trinajstić information content (AvgIpc) is 2.47. The minimum absolute atomic E-state index is 1.05. The van der Waals surface area contributed by atoms with Gasteiger partial charge in [-0.1, -0.05) is 0 Å². The van der Waals surface area contributed by atoms with Crippen molar-refractivity contribution in [2.75, 3.05) is 20.3 Å². The van der Waals surface area contributed by atoms with E-state index in [-0.39, 0.29) is 0 Å². The van der Waals surface area contributed by atoms with Gasteiger partial charge in [0.2, 0.25) is 0 Å². The van der Waals surface area contributed by atoms with Gasteiger partial charge in [-0.2, -0.15) is 13.2 Å². The molecule has 0 saturated heterocycles. The Hall–Kier alpha value is -1.40. The molecule has 0 aliphatic carbocycles. The van der Waals surface area contributed by atoms with Crippen LogP contribution in [0.4, 0.5) is 13.2 Å². The molecule has 0 saturated carbocycles. The standard InChI is InChI=1S/C6H12N2.C3H3F3O2/c1-3-8-5-4-7(2)6-8;4-3(5,6)1-2(7)8/h4-5H,3,6H2,1-2H3;1H2,(H,7,8). The van der Waals surface area contributed by atoms with Gasteiger partial charge in [0.25, 0.3) is 0 Å². The highest BCUT2D eigenvalue weighted by Gasteiger charge is 2.30. The Labute approximate surface area is 91.9 Å². The first-order chi connectivity index (χ1) is 7.24. The first-order valence-electron chi connectivity index (χ1n) is 4.65. The lowest BCUT2D eigenvalue weighted by Crippen LogP contribution is -2.21. The molecule has 0 spiro atoms. The zero-order chi connectivity index (χ0) is 12.8. The fraction of sp³-hybridized carbons (Fsp3) is 0.667. The Balaban J connectivity index is 0.000000281. The summed E-state index contributed by atoms with van der Waals surface area (Å²) < 4.78 is 32.8. The van der Waals surface area contributed by atoms with Gasteiger partial charge in [0.15, 0.2) is 0 Å². The molecule has 0 aromatic heterocycles. The molecule has 1 heterocycles. The Bertz CT molecular complexity index is 254. The highest BCUT2D eigenvalue weighted by molar-refractivity contribution is 5.67. The van der Waals surface area contributed by atoms with E-state index < -0.39 is 18.6 Å². The van der Waals surface area contributed by atoms with Gasteiger partial charge in [-0.25, -0.2) is 0 Å². The van der Waals surface area contributed by atoms with Crippen LogP contribution in [0, 0.1) is 0 Å². The third-order valence-corrected chi connectivity index (χ3v) is 1.69. The summed E-state index contributed by atoms with van der Waals surface area (Å²) in [4.78, 5) is 13.7. The van der Waals surface area contributed by atoms with E-state index in [1.807, 2.05) is 0 Å². The van der Waals surface area contributed by atoms with Gasteiger partial charge in [0.1, 0.15) is 6.42 Å². The quantitative estimate of drug-likeness (QED) is 0.798. The van der Waals surface area contributed by atoms with Crippen LogP contribution < -0.4 is 0 Å². The fourth-order valence-corrected chi connectivity index (χ4v) is 0.966. The van der Waals surface area contributed by atoms with Crippen molar-refractivity contribution in [3.8, 4) is 0 Å². The molecule has 0 fully saturated rings. The Kier molecular flexibility index (Phi) is 5.69. The molecule has 1 N–H and O–H groups in total. The maximum Gasteiger partial charge on any atom is 0.399 e. The second kappa shape index (κ2) is 6.24. The largest absolute Gasteiger partial charge is 0.481 e. The van der Waals surface area contributed by atoms with Crippen molar-refractivity contribution in [2.45, 2.75) is 19.5 Å². The summed E-state index contributed by atoms with van der Waals surface area (Å²) in [5, 5.41) is 7.53. The minimum Gasteiger partial charge on any atom is -0.481 e. The second-order valence-electron chi connectivity index (χ2n) is 3.29. The first kappa shape index (κ1) is 14.6. The van der Waals surface area contributed by atoms with Crippen molar-refractivity contribution in [3.05, 3.63) is 12.4 Å². The predicted molar refractivity (Wildman–Crippen MR) is 52.5 cm³/mol. The molecule has 0 radical (unpaired) electrons. The van der Waals surface area contributed by atoms with Crippen LogP contribution in [0.15, 0.2) is 12.4 Å². The molecule has 0 amide bonds. The zero-order valence-corrected chi connectivity index (χ0v) is 9.16. The van der Waals surface area contributed by atoms with Crippen molar-refractivity contribution >= 4 is 5.97 Å². The number of aliphatic carboxylic acids is 1. The fourth-order valence-electron chi connectivity index (χ4n) is 0.966. The van der Waals surface area contributed by atoms with E-state index in [4.69, 9.17) is 5.11 Å². The monoisotopic (exact) mass is 240 g/mol. The highest BCUT2D eigenvalue weighted by Crippen LogP contribution is 2.18. The molecule has 16 heavy (non-hydrogen) atoms. The molecule has 1 rings (SSSR count). The van der Waals surface area contributed by atoms with Crippen molar-refractivity contribution in [3.63, 3.8) is 0 Å². The van der Waals surface area contributed by atoms with Crippen LogP contribution >= 0.6 is 0 Å². The smallest absolute Gasteiger partial charge is 0.399 e. The van der Waals surface area contributed by atoms with Gasteiger partial charge in [-0.05, 0) is 6.92 Å². The molecule has 4 nitrogen and oxygen atoms in total. The van der Waals surface area contributed by atoms with Crippen LogP contribution in [0.5, 0.6) is 0 Å². The maximum atomic E-state index is 10.9. The molecule has 1 aliphatic heterocycles. The second-order valence-corrected chi connectivity index (χ2v) is 3.29. The van der Waals surface area contributed by atoms with Gasteiger partial charge in [0.05, 0.1) is 6.67 Å². The number of hydrogen-bond acceptors (Lipinski definition) is 3. The molecular formula is C9H15F3N2O2. The summed E-state index contributed by atoms with van der Waals surface area (Å²) in [5.74, 6) is -1.85. The lowest BCUT2D eigenvalue weighted by atomic mass is 10.4. The van der Waals surface area contributed by atoms with E-state index in [0.29, 0.717) is 0 Å². The van der Waals surface area contributed by atoms with Crippen LogP contribution in [0.1, 0.15) is 13.3 Å². The molecule has 1 aliphatic rings. The summed E-state index contributed by atoms with van der Waals surface area (Å²) in [5.41, 5.74) is 0. The normalized spacial score (nSPS) is 14.8.